The molecule has 9 heteroatoms. The molecule has 2 aromatic rings. The van der Waals surface area contributed by atoms with Crippen LogP contribution in [0.15, 0.2) is 57.9 Å². The van der Waals surface area contributed by atoms with Crippen molar-refractivity contribution in [3.05, 3.63) is 58.6 Å². The topological polar surface area (TPSA) is 93.7 Å². The molecule has 0 saturated heterocycles. The molecule has 0 saturated carbocycles. The monoisotopic (exact) mass is 484 g/mol. The molecule has 7 nitrogen and oxygen atoms in total. The van der Waals surface area contributed by atoms with Crippen LogP contribution in [0.25, 0.3) is 0 Å². The molecule has 0 spiro atoms. The van der Waals surface area contributed by atoms with Crippen molar-refractivity contribution in [2.75, 3.05) is 31.7 Å². The summed E-state index contributed by atoms with van der Waals surface area (Å²) >= 11 is 3.26. The standard InChI is InChI=1S/C20H25BrN2O5S/c1-2-27-12-13-28-15-16-4-3-5-18(14-16)23-20(24)10-11-22-29(25,26)19-8-6-17(21)7-9-19/h3-9,14,22H,2,10-13,15H2,1H3,(H,23,24). The lowest BCUT2D eigenvalue weighted by molar-refractivity contribution is -0.116. The number of sulfonamides is 1. The third kappa shape index (κ3) is 8.63. The van der Waals surface area contributed by atoms with Gasteiger partial charge in [-0.05, 0) is 48.9 Å². The van der Waals surface area contributed by atoms with Crippen LogP contribution in [-0.4, -0.2) is 40.7 Å². The lowest BCUT2D eigenvalue weighted by atomic mass is 10.2. The molecule has 0 aliphatic carbocycles. The number of carbonyl (C=O) groups excluding carboxylic acids is 1. The van der Waals surface area contributed by atoms with E-state index in [9.17, 15) is 13.2 Å². The third-order valence-electron chi connectivity index (χ3n) is 3.82. The predicted octanol–water partition coefficient (Wildman–Crippen LogP) is 3.31. The second-order valence-corrected chi connectivity index (χ2v) is 8.78. The van der Waals surface area contributed by atoms with Crippen LogP contribution in [0.2, 0.25) is 0 Å². The van der Waals surface area contributed by atoms with Gasteiger partial charge in [0.2, 0.25) is 15.9 Å². The van der Waals surface area contributed by atoms with Crippen molar-refractivity contribution in [3.8, 4) is 0 Å². The van der Waals surface area contributed by atoms with Crippen molar-refractivity contribution in [2.24, 2.45) is 0 Å². The summed E-state index contributed by atoms with van der Waals surface area (Å²) in [5.74, 6) is -0.280. The van der Waals surface area contributed by atoms with Crippen LogP contribution in [0.1, 0.15) is 18.9 Å². The summed E-state index contributed by atoms with van der Waals surface area (Å²) < 4.78 is 38.4. The van der Waals surface area contributed by atoms with Gasteiger partial charge in [0.1, 0.15) is 0 Å². The number of hydrogen-bond acceptors (Lipinski definition) is 5. The second kappa shape index (κ2) is 12.0. The summed E-state index contributed by atoms with van der Waals surface area (Å²) in [5.41, 5.74) is 1.56. The Kier molecular flexibility index (Phi) is 9.75. The Morgan fingerprint density at radius 1 is 1.07 bits per heavy atom. The van der Waals surface area contributed by atoms with Crippen LogP contribution in [0.4, 0.5) is 5.69 Å². The lowest BCUT2D eigenvalue weighted by Gasteiger charge is -2.09. The van der Waals surface area contributed by atoms with E-state index in [0.29, 0.717) is 32.1 Å². The molecule has 29 heavy (non-hydrogen) atoms. The maximum atomic E-state index is 12.2. The van der Waals surface area contributed by atoms with Gasteiger partial charge < -0.3 is 14.8 Å². The first kappa shape index (κ1) is 23.5. The van der Waals surface area contributed by atoms with E-state index in [-0.39, 0.29) is 23.8 Å². The van der Waals surface area contributed by atoms with E-state index in [1.54, 1.807) is 18.2 Å². The van der Waals surface area contributed by atoms with Crippen LogP contribution < -0.4 is 10.0 Å². The number of halogens is 1. The Morgan fingerprint density at radius 3 is 2.52 bits per heavy atom. The van der Waals surface area contributed by atoms with Gasteiger partial charge in [0.15, 0.2) is 0 Å². The summed E-state index contributed by atoms with van der Waals surface area (Å²) in [7, 11) is -3.65. The Morgan fingerprint density at radius 2 is 1.79 bits per heavy atom. The zero-order valence-electron chi connectivity index (χ0n) is 16.2. The molecular formula is C20H25BrN2O5S. The van der Waals surface area contributed by atoms with Gasteiger partial charge in [0, 0.05) is 29.7 Å². The molecule has 1 amide bonds. The van der Waals surface area contributed by atoms with Crippen molar-refractivity contribution in [1.82, 2.24) is 4.72 Å². The normalized spacial score (nSPS) is 11.4. The number of anilines is 1. The fraction of sp³-hybridized carbons (Fsp3) is 0.350. The van der Waals surface area contributed by atoms with Crippen molar-refractivity contribution in [3.63, 3.8) is 0 Å². The van der Waals surface area contributed by atoms with Gasteiger partial charge in [0.05, 0.1) is 24.7 Å². The molecule has 0 aliphatic heterocycles. The number of benzene rings is 2. The molecule has 0 fully saturated rings. The summed E-state index contributed by atoms with van der Waals surface area (Å²) in [6, 6.07) is 13.6. The van der Waals surface area contributed by atoms with Gasteiger partial charge in [-0.1, -0.05) is 28.1 Å². The van der Waals surface area contributed by atoms with E-state index in [4.69, 9.17) is 9.47 Å². The second-order valence-electron chi connectivity index (χ2n) is 6.10. The number of carbonyl (C=O) groups is 1. The van der Waals surface area contributed by atoms with Gasteiger partial charge in [-0.3, -0.25) is 4.79 Å². The highest BCUT2D eigenvalue weighted by molar-refractivity contribution is 9.10. The molecule has 2 N–H and O–H groups in total. The van der Waals surface area contributed by atoms with Crippen molar-refractivity contribution in [2.45, 2.75) is 24.8 Å². The van der Waals surface area contributed by atoms with Crippen molar-refractivity contribution < 1.29 is 22.7 Å². The molecule has 0 radical (unpaired) electrons. The fourth-order valence-corrected chi connectivity index (χ4v) is 3.71. The minimum atomic E-state index is -3.65. The van der Waals surface area contributed by atoms with Crippen LogP contribution in [0.3, 0.4) is 0 Å². The Labute approximate surface area is 180 Å². The highest BCUT2D eigenvalue weighted by Gasteiger charge is 2.14. The SMILES string of the molecule is CCOCCOCc1cccc(NC(=O)CCNS(=O)(=O)c2ccc(Br)cc2)c1. The Hall–Kier alpha value is -1.78. The maximum absolute atomic E-state index is 12.2. The van der Waals surface area contributed by atoms with E-state index in [2.05, 4.69) is 26.0 Å². The molecule has 0 heterocycles. The first-order chi connectivity index (χ1) is 13.9. The van der Waals surface area contributed by atoms with Gasteiger partial charge in [0.25, 0.3) is 0 Å². The number of hydrogen-bond donors (Lipinski definition) is 2. The molecule has 2 aromatic carbocycles. The van der Waals surface area contributed by atoms with Crippen LogP contribution in [0.5, 0.6) is 0 Å². The number of rotatable bonds is 12. The fourth-order valence-electron chi connectivity index (χ4n) is 2.41. The smallest absolute Gasteiger partial charge is 0.240 e. The van der Waals surface area contributed by atoms with Gasteiger partial charge in [-0.25, -0.2) is 13.1 Å². The van der Waals surface area contributed by atoms with Gasteiger partial charge >= 0.3 is 0 Å². The molecule has 0 unspecified atom stereocenters. The zero-order chi connectivity index (χ0) is 21.1. The predicted molar refractivity (Wildman–Crippen MR) is 115 cm³/mol. The minimum Gasteiger partial charge on any atom is -0.379 e. The summed E-state index contributed by atoms with van der Waals surface area (Å²) in [6.45, 7) is 4.06. The van der Waals surface area contributed by atoms with Crippen LogP contribution in [-0.2, 0) is 30.9 Å². The molecule has 2 rings (SSSR count). The number of nitrogens with one attached hydrogen (secondary N) is 2. The van der Waals surface area contributed by atoms with Crippen LogP contribution >= 0.6 is 15.9 Å². The highest BCUT2D eigenvalue weighted by Crippen LogP contribution is 2.15. The quantitative estimate of drug-likeness (QED) is 0.450. The zero-order valence-corrected chi connectivity index (χ0v) is 18.6. The van der Waals surface area contributed by atoms with E-state index in [1.165, 1.54) is 12.1 Å². The van der Waals surface area contributed by atoms with E-state index in [0.717, 1.165) is 10.0 Å². The van der Waals surface area contributed by atoms with E-state index >= 15 is 0 Å². The first-order valence-corrected chi connectivity index (χ1v) is 11.5. The Bertz CT molecular complexity index is 888. The molecule has 0 atom stereocenters. The van der Waals surface area contributed by atoms with E-state index in [1.807, 2.05) is 25.1 Å². The summed E-state index contributed by atoms with van der Waals surface area (Å²) in [6.07, 6.45) is 0.0187. The Balaban J connectivity index is 1.77. The van der Waals surface area contributed by atoms with E-state index < -0.39 is 10.0 Å². The maximum Gasteiger partial charge on any atom is 0.240 e. The summed E-state index contributed by atoms with van der Waals surface area (Å²) in [5, 5.41) is 2.77. The van der Waals surface area contributed by atoms with Crippen molar-refractivity contribution >= 4 is 37.5 Å². The third-order valence-corrected chi connectivity index (χ3v) is 5.83. The average Bonchev–Trinajstić information content (AvgIpc) is 2.68. The molecule has 0 aromatic heterocycles. The highest BCUT2D eigenvalue weighted by atomic mass is 79.9. The van der Waals surface area contributed by atoms with Crippen LogP contribution in [0, 0.1) is 0 Å². The average molecular weight is 485 g/mol. The molecular weight excluding hydrogens is 460 g/mol. The van der Waals surface area contributed by atoms with Gasteiger partial charge in [-0.15, -0.1) is 0 Å². The lowest BCUT2D eigenvalue weighted by Crippen LogP contribution is -2.27. The first-order valence-electron chi connectivity index (χ1n) is 9.20. The molecule has 0 bridgehead atoms. The molecule has 158 valence electrons. The van der Waals surface area contributed by atoms with Crippen molar-refractivity contribution in [1.29, 1.82) is 0 Å². The number of ether oxygens (including phenoxy) is 2. The number of amides is 1. The van der Waals surface area contributed by atoms with Gasteiger partial charge in [-0.2, -0.15) is 0 Å². The molecule has 0 aliphatic rings. The largest absolute Gasteiger partial charge is 0.379 e. The minimum absolute atomic E-state index is 0.00443. The summed E-state index contributed by atoms with van der Waals surface area (Å²) in [4.78, 5) is 12.3.